The molecule has 0 saturated carbocycles. The van der Waals surface area contributed by atoms with Gasteiger partial charge in [0.15, 0.2) is 6.61 Å². The van der Waals surface area contributed by atoms with E-state index in [0.29, 0.717) is 20.3 Å². The fourth-order valence-corrected chi connectivity index (χ4v) is 4.68. The average Bonchev–Trinajstić information content (AvgIpc) is 2.93. The van der Waals surface area contributed by atoms with Crippen LogP contribution in [0.4, 0.5) is 4.79 Å². The lowest BCUT2D eigenvalue weighted by molar-refractivity contribution is -0.150. The third-order valence-corrected chi connectivity index (χ3v) is 5.78. The van der Waals surface area contributed by atoms with Crippen molar-refractivity contribution in [3.05, 3.63) is 31.5 Å². The second-order valence-electron chi connectivity index (χ2n) is 5.66. The molecule has 11 heteroatoms. The minimum Gasteiger partial charge on any atom is -0.480 e. The summed E-state index contributed by atoms with van der Waals surface area (Å²) >= 11 is 7.44. The van der Waals surface area contributed by atoms with E-state index in [2.05, 4.69) is 36.6 Å². The van der Waals surface area contributed by atoms with E-state index in [-0.39, 0.29) is 18.1 Å². The maximum absolute atomic E-state index is 12.6. The second kappa shape index (κ2) is 10.3. The molecule has 0 spiro atoms. The Morgan fingerprint density at radius 1 is 1.24 bits per heavy atom. The Hall–Kier alpha value is -1.85. The topological polar surface area (TPSA) is 99.2 Å². The number of methoxy groups -OCH3 is 1. The van der Waals surface area contributed by atoms with Crippen LogP contribution in [0, 0.1) is 0 Å². The molecule has 156 valence electrons. The molecule has 0 aliphatic carbocycles. The highest BCUT2D eigenvalue weighted by Crippen LogP contribution is 2.38. The Labute approximate surface area is 188 Å². The number of imide groups is 1. The van der Waals surface area contributed by atoms with Crippen molar-refractivity contribution in [1.82, 2.24) is 4.90 Å². The van der Waals surface area contributed by atoms with Gasteiger partial charge in [-0.25, -0.2) is 9.59 Å². The molecule has 0 radical (unpaired) electrons. The quantitative estimate of drug-likeness (QED) is 0.374. The first kappa shape index (κ1) is 23.4. The second-order valence-corrected chi connectivity index (χ2v) is 8.36. The summed E-state index contributed by atoms with van der Waals surface area (Å²) in [6.07, 6.45) is 1.53. The van der Waals surface area contributed by atoms with Gasteiger partial charge in [0.05, 0.1) is 27.6 Å². The van der Waals surface area contributed by atoms with Gasteiger partial charge in [-0.05, 0) is 81.2 Å². The monoisotopic (exact) mass is 549 g/mol. The summed E-state index contributed by atoms with van der Waals surface area (Å²) in [5.74, 6) is -1.36. The molecule has 2 rings (SSSR count). The Kier molecular flexibility index (Phi) is 8.29. The zero-order valence-electron chi connectivity index (χ0n) is 15.7. The minimum atomic E-state index is -1.01. The molecule has 0 bridgehead atoms. The van der Waals surface area contributed by atoms with Crippen molar-refractivity contribution in [2.45, 2.75) is 19.9 Å². The standard InChI is InChI=1S/C18H17Br2NO7S/c1-4-27-17(24)9(2)21-16(23)13(29-18(21)25)7-10-5-11(19)15(12(20)6-10)28-8-14(22)26-3/h5-7,9H,4,8H2,1-3H3/b13-7+/t9-/m1/s1. The Balaban J connectivity index is 2.24. The van der Waals surface area contributed by atoms with Gasteiger partial charge in [-0.3, -0.25) is 14.5 Å². The molecule has 1 aromatic rings. The van der Waals surface area contributed by atoms with Gasteiger partial charge < -0.3 is 14.2 Å². The molecule has 1 fully saturated rings. The average molecular weight is 551 g/mol. The molecule has 1 heterocycles. The van der Waals surface area contributed by atoms with Gasteiger partial charge in [0.1, 0.15) is 11.8 Å². The number of rotatable bonds is 7. The van der Waals surface area contributed by atoms with Gasteiger partial charge in [-0.15, -0.1) is 0 Å². The lowest BCUT2D eigenvalue weighted by Gasteiger charge is -2.19. The van der Waals surface area contributed by atoms with Crippen molar-refractivity contribution < 1.29 is 33.4 Å². The lowest BCUT2D eigenvalue weighted by Crippen LogP contribution is -2.42. The molecular formula is C18H17Br2NO7S. The Morgan fingerprint density at radius 3 is 2.41 bits per heavy atom. The summed E-state index contributed by atoms with van der Waals surface area (Å²) in [5, 5.41) is -0.544. The number of halogens is 2. The van der Waals surface area contributed by atoms with Crippen molar-refractivity contribution in [2.75, 3.05) is 20.3 Å². The molecule has 1 aliphatic heterocycles. The number of hydrogen-bond acceptors (Lipinski definition) is 8. The van der Waals surface area contributed by atoms with E-state index in [9.17, 15) is 19.2 Å². The zero-order chi connectivity index (χ0) is 21.7. The van der Waals surface area contributed by atoms with Crippen molar-refractivity contribution in [3.63, 3.8) is 0 Å². The fraction of sp³-hybridized carbons (Fsp3) is 0.333. The molecule has 8 nitrogen and oxygen atoms in total. The maximum atomic E-state index is 12.6. The van der Waals surface area contributed by atoms with Crippen LogP contribution < -0.4 is 4.74 Å². The van der Waals surface area contributed by atoms with Crippen LogP contribution in [0.15, 0.2) is 26.0 Å². The largest absolute Gasteiger partial charge is 0.480 e. The summed E-state index contributed by atoms with van der Waals surface area (Å²) in [6.45, 7) is 2.98. The van der Waals surface area contributed by atoms with Crippen molar-refractivity contribution in [2.24, 2.45) is 0 Å². The van der Waals surface area contributed by atoms with Crippen molar-refractivity contribution in [3.8, 4) is 5.75 Å². The summed E-state index contributed by atoms with van der Waals surface area (Å²) in [5.41, 5.74) is 0.600. The Bertz CT molecular complexity index is 864. The van der Waals surface area contributed by atoms with Crippen LogP contribution in [0.5, 0.6) is 5.75 Å². The van der Waals surface area contributed by atoms with E-state index in [4.69, 9.17) is 9.47 Å². The van der Waals surface area contributed by atoms with Crippen LogP contribution in [0.3, 0.4) is 0 Å². The molecule has 29 heavy (non-hydrogen) atoms. The number of esters is 2. The minimum absolute atomic E-state index is 0.154. The number of ether oxygens (including phenoxy) is 3. The molecule has 1 saturated heterocycles. The smallest absolute Gasteiger partial charge is 0.343 e. The molecular weight excluding hydrogens is 534 g/mol. The van der Waals surface area contributed by atoms with Gasteiger partial charge >= 0.3 is 11.9 Å². The first-order valence-corrected chi connectivity index (χ1v) is 10.7. The molecule has 1 atom stereocenters. The van der Waals surface area contributed by atoms with Crippen LogP contribution in [0.1, 0.15) is 19.4 Å². The molecule has 0 aromatic heterocycles. The van der Waals surface area contributed by atoms with E-state index in [1.54, 1.807) is 19.1 Å². The summed E-state index contributed by atoms with van der Waals surface area (Å²) in [4.78, 5) is 49.1. The van der Waals surface area contributed by atoms with E-state index in [1.165, 1.54) is 20.1 Å². The molecule has 2 amide bonds. The normalized spacial score (nSPS) is 16.2. The van der Waals surface area contributed by atoms with Crippen LogP contribution in [0.25, 0.3) is 6.08 Å². The van der Waals surface area contributed by atoms with Gasteiger partial charge in [0, 0.05) is 0 Å². The predicted octanol–water partition coefficient (Wildman–Crippen LogP) is 3.75. The van der Waals surface area contributed by atoms with Gasteiger partial charge in [-0.2, -0.15) is 0 Å². The highest BCUT2D eigenvalue weighted by molar-refractivity contribution is 9.11. The number of amides is 2. The summed E-state index contributed by atoms with van der Waals surface area (Å²) in [7, 11) is 1.26. The highest BCUT2D eigenvalue weighted by atomic mass is 79.9. The third-order valence-electron chi connectivity index (χ3n) is 3.72. The molecule has 1 aliphatic rings. The SMILES string of the molecule is CCOC(=O)[C@@H](C)N1C(=O)S/C(=C/c2cc(Br)c(OCC(=O)OC)c(Br)c2)C1=O. The number of carbonyl (C=O) groups is 4. The fourth-order valence-electron chi connectivity index (χ4n) is 2.32. The van der Waals surface area contributed by atoms with Crippen LogP contribution in [0.2, 0.25) is 0 Å². The van der Waals surface area contributed by atoms with Crippen LogP contribution >= 0.6 is 43.6 Å². The van der Waals surface area contributed by atoms with Crippen LogP contribution in [-0.2, 0) is 23.9 Å². The van der Waals surface area contributed by atoms with Gasteiger partial charge in [0.2, 0.25) is 0 Å². The number of benzene rings is 1. The number of nitrogens with zero attached hydrogens (tertiary/aromatic N) is 1. The predicted molar refractivity (Wildman–Crippen MR) is 113 cm³/mol. The number of hydrogen-bond donors (Lipinski definition) is 0. The van der Waals surface area contributed by atoms with Gasteiger partial charge in [-0.1, -0.05) is 0 Å². The lowest BCUT2D eigenvalue weighted by atomic mass is 10.2. The maximum Gasteiger partial charge on any atom is 0.343 e. The van der Waals surface area contributed by atoms with E-state index in [1.807, 2.05) is 0 Å². The molecule has 1 aromatic carbocycles. The zero-order valence-corrected chi connectivity index (χ0v) is 19.7. The number of thioether (sulfide) groups is 1. The number of carbonyl (C=O) groups excluding carboxylic acids is 4. The summed E-state index contributed by atoms with van der Waals surface area (Å²) < 4.78 is 15.9. The van der Waals surface area contributed by atoms with Crippen LogP contribution in [-0.4, -0.2) is 54.4 Å². The third kappa shape index (κ3) is 5.61. The first-order chi connectivity index (χ1) is 13.7. The van der Waals surface area contributed by atoms with Crippen molar-refractivity contribution >= 4 is 72.8 Å². The van der Waals surface area contributed by atoms with E-state index < -0.39 is 29.1 Å². The Morgan fingerprint density at radius 2 is 1.86 bits per heavy atom. The first-order valence-electron chi connectivity index (χ1n) is 8.31. The van der Waals surface area contributed by atoms with Crippen molar-refractivity contribution in [1.29, 1.82) is 0 Å². The van der Waals surface area contributed by atoms with Gasteiger partial charge in [0.25, 0.3) is 11.1 Å². The van der Waals surface area contributed by atoms with E-state index >= 15 is 0 Å². The highest BCUT2D eigenvalue weighted by Gasteiger charge is 2.41. The molecule has 0 N–H and O–H groups in total. The van der Waals surface area contributed by atoms with E-state index in [0.717, 1.165) is 16.7 Å². The summed E-state index contributed by atoms with van der Waals surface area (Å²) in [6, 6.07) is 2.32. The molecule has 0 unspecified atom stereocenters.